The van der Waals surface area contributed by atoms with Gasteiger partial charge in [-0.1, -0.05) is 33.8 Å². The smallest absolute Gasteiger partial charge is 0.325 e. The van der Waals surface area contributed by atoms with Crippen molar-refractivity contribution in [1.82, 2.24) is 14.5 Å². The van der Waals surface area contributed by atoms with Crippen LogP contribution in [0.1, 0.15) is 29.8 Å². The van der Waals surface area contributed by atoms with Crippen LogP contribution in [0.5, 0.6) is 0 Å². The third kappa shape index (κ3) is 4.99. The first-order valence-corrected chi connectivity index (χ1v) is 11.6. The van der Waals surface area contributed by atoms with Gasteiger partial charge in [0, 0.05) is 27.6 Å². The average molecular weight is 485 g/mol. The summed E-state index contributed by atoms with van der Waals surface area (Å²) in [5, 5.41) is 3.56. The number of amides is 1. The number of benzene rings is 1. The molecule has 0 aliphatic heterocycles. The Morgan fingerprint density at radius 1 is 1.13 bits per heavy atom. The van der Waals surface area contributed by atoms with Crippen LogP contribution >= 0.6 is 27.7 Å². The lowest BCUT2D eigenvalue weighted by Gasteiger charge is -2.22. The second-order valence-electron chi connectivity index (χ2n) is 7.08. The molecule has 2 heterocycles. The van der Waals surface area contributed by atoms with Crippen LogP contribution in [0.3, 0.4) is 0 Å². The maximum Gasteiger partial charge on any atom is 0.349 e. The predicted molar refractivity (Wildman–Crippen MR) is 122 cm³/mol. The molecule has 30 heavy (non-hydrogen) atoms. The number of hydrogen-bond acceptors (Lipinski definition) is 5. The van der Waals surface area contributed by atoms with Crippen LogP contribution in [0.15, 0.2) is 63.0 Å². The fourth-order valence-corrected chi connectivity index (χ4v) is 4.69. The van der Waals surface area contributed by atoms with E-state index in [9.17, 15) is 9.59 Å². The molecule has 0 radical (unpaired) electrons. The number of carbonyl (C=O) groups is 1. The van der Waals surface area contributed by atoms with Gasteiger partial charge in [-0.25, -0.2) is 4.79 Å². The van der Waals surface area contributed by atoms with Crippen LogP contribution in [0.4, 0.5) is 5.69 Å². The molecular formula is C22H21BrN4O2S. The number of aromatic nitrogens is 3. The number of hydrogen-bond donors (Lipinski definition) is 1. The maximum absolute atomic E-state index is 12.8. The number of fused-ring (bicyclic) bond motifs is 1. The molecule has 2 aromatic heterocycles. The first kappa shape index (κ1) is 20.8. The van der Waals surface area contributed by atoms with Crippen LogP contribution in [-0.2, 0) is 24.2 Å². The van der Waals surface area contributed by atoms with Crippen molar-refractivity contribution < 1.29 is 4.79 Å². The summed E-state index contributed by atoms with van der Waals surface area (Å²) in [7, 11) is 0. The highest BCUT2D eigenvalue weighted by molar-refractivity contribution is 9.10. The van der Waals surface area contributed by atoms with E-state index in [-0.39, 0.29) is 17.3 Å². The summed E-state index contributed by atoms with van der Waals surface area (Å²) in [6.07, 6.45) is 5.57. The molecule has 1 aliphatic rings. The number of pyridine rings is 1. The minimum Gasteiger partial charge on any atom is -0.325 e. The molecule has 1 amide bonds. The molecule has 0 saturated carbocycles. The lowest BCUT2D eigenvalue weighted by atomic mass is 9.97. The van der Waals surface area contributed by atoms with Gasteiger partial charge >= 0.3 is 5.69 Å². The number of nitrogens with one attached hydrogen (secondary N) is 1. The van der Waals surface area contributed by atoms with Gasteiger partial charge in [-0.3, -0.25) is 14.3 Å². The van der Waals surface area contributed by atoms with Gasteiger partial charge < -0.3 is 5.32 Å². The standard InChI is InChI=1S/C22H21BrN4O2S/c23-15-8-10-16(11-9-15)25-20(28)14-30-21-18-6-1-2-7-19(18)27(22(29)26-21)13-17-5-3-4-12-24-17/h3-5,8-12H,1-2,6-7,13-14H2,(H,25,28). The van der Waals surface area contributed by atoms with Crippen molar-refractivity contribution >= 4 is 39.3 Å². The Morgan fingerprint density at radius 2 is 1.93 bits per heavy atom. The summed E-state index contributed by atoms with van der Waals surface area (Å²) >= 11 is 4.71. The Bertz CT molecular complexity index is 1100. The summed E-state index contributed by atoms with van der Waals surface area (Å²) in [5.74, 6) is 0.0884. The quantitative estimate of drug-likeness (QED) is 0.421. The molecule has 6 nitrogen and oxygen atoms in total. The van der Waals surface area contributed by atoms with Crippen LogP contribution in [0.2, 0.25) is 0 Å². The van der Waals surface area contributed by atoms with E-state index in [4.69, 9.17) is 0 Å². The minimum absolute atomic E-state index is 0.119. The Morgan fingerprint density at radius 3 is 2.70 bits per heavy atom. The molecule has 3 aromatic rings. The summed E-state index contributed by atoms with van der Waals surface area (Å²) in [6.45, 7) is 0.421. The zero-order valence-corrected chi connectivity index (χ0v) is 18.7. The van der Waals surface area contributed by atoms with Gasteiger partial charge in [-0.2, -0.15) is 4.98 Å². The number of anilines is 1. The van der Waals surface area contributed by atoms with E-state index in [0.717, 1.165) is 52.8 Å². The van der Waals surface area contributed by atoms with Crippen LogP contribution < -0.4 is 11.0 Å². The normalized spacial score (nSPS) is 13.0. The molecule has 1 aromatic carbocycles. The van der Waals surface area contributed by atoms with Gasteiger partial charge in [0.05, 0.1) is 18.0 Å². The number of carbonyl (C=O) groups excluding carboxylic acids is 1. The van der Waals surface area contributed by atoms with Gasteiger partial charge in [0.25, 0.3) is 0 Å². The molecule has 1 N–H and O–H groups in total. The van der Waals surface area contributed by atoms with E-state index in [2.05, 4.69) is 31.2 Å². The molecule has 154 valence electrons. The number of rotatable bonds is 6. The molecule has 0 unspecified atom stereocenters. The molecular weight excluding hydrogens is 464 g/mol. The Hall–Kier alpha value is -2.45. The van der Waals surface area contributed by atoms with Crippen molar-refractivity contribution in [2.45, 2.75) is 37.3 Å². The molecule has 1 aliphatic carbocycles. The maximum atomic E-state index is 12.8. The van der Waals surface area contributed by atoms with Gasteiger partial charge in [0.1, 0.15) is 5.03 Å². The highest BCUT2D eigenvalue weighted by Gasteiger charge is 2.21. The zero-order valence-electron chi connectivity index (χ0n) is 16.3. The van der Waals surface area contributed by atoms with Gasteiger partial charge in [-0.15, -0.1) is 0 Å². The monoisotopic (exact) mass is 484 g/mol. The molecule has 0 bridgehead atoms. The second kappa shape index (κ2) is 9.57. The van der Waals surface area contributed by atoms with E-state index in [1.54, 1.807) is 10.8 Å². The Kier molecular flexibility index (Phi) is 6.64. The lowest BCUT2D eigenvalue weighted by molar-refractivity contribution is -0.113. The second-order valence-corrected chi connectivity index (χ2v) is 8.96. The fourth-order valence-electron chi connectivity index (χ4n) is 3.55. The number of thioether (sulfide) groups is 1. The van der Waals surface area contributed by atoms with E-state index in [0.29, 0.717) is 11.6 Å². The van der Waals surface area contributed by atoms with Crippen molar-refractivity contribution in [2.75, 3.05) is 11.1 Å². The summed E-state index contributed by atoms with van der Waals surface area (Å²) in [6, 6.07) is 13.1. The largest absolute Gasteiger partial charge is 0.349 e. The fraction of sp³-hybridized carbons (Fsp3) is 0.273. The summed E-state index contributed by atoms with van der Waals surface area (Å²) in [5.41, 5.74) is 3.42. The average Bonchev–Trinajstić information content (AvgIpc) is 2.77. The minimum atomic E-state index is -0.280. The van der Waals surface area contributed by atoms with Crippen LogP contribution in [0.25, 0.3) is 0 Å². The first-order valence-electron chi connectivity index (χ1n) is 9.81. The Labute approximate surface area is 187 Å². The summed E-state index contributed by atoms with van der Waals surface area (Å²) in [4.78, 5) is 33.8. The number of nitrogens with zero attached hydrogens (tertiary/aromatic N) is 3. The van der Waals surface area contributed by atoms with Gasteiger partial charge in [-0.05, 0) is 62.1 Å². The molecule has 8 heteroatoms. The molecule has 0 saturated heterocycles. The third-order valence-corrected chi connectivity index (χ3v) is 6.51. The van der Waals surface area contributed by atoms with Crippen LogP contribution in [0, 0.1) is 0 Å². The third-order valence-electron chi connectivity index (χ3n) is 4.96. The molecule has 0 atom stereocenters. The van der Waals surface area contributed by atoms with Gasteiger partial charge in [0.15, 0.2) is 0 Å². The van der Waals surface area contributed by atoms with Crippen LogP contribution in [-0.4, -0.2) is 26.2 Å². The SMILES string of the molecule is O=C(CSc1nc(=O)n(Cc2ccccn2)c2c1CCCC2)Nc1ccc(Br)cc1. The van der Waals surface area contributed by atoms with Crippen molar-refractivity contribution in [3.63, 3.8) is 0 Å². The molecule has 0 spiro atoms. The molecule has 4 rings (SSSR count). The Balaban J connectivity index is 1.52. The topological polar surface area (TPSA) is 76.9 Å². The predicted octanol–water partition coefficient (Wildman–Crippen LogP) is 4.06. The lowest BCUT2D eigenvalue weighted by Crippen LogP contribution is -2.31. The van der Waals surface area contributed by atoms with Crippen molar-refractivity contribution in [1.29, 1.82) is 0 Å². The number of halogens is 1. The highest BCUT2D eigenvalue weighted by atomic mass is 79.9. The van der Waals surface area contributed by atoms with Crippen molar-refractivity contribution in [2.24, 2.45) is 0 Å². The van der Waals surface area contributed by atoms with E-state index in [1.165, 1.54) is 11.8 Å². The summed E-state index contributed by atoms with van der Waals surface area (Å²) < 4.78 is 2.69. The van der Waals surface area contributed by atoms with E-state index < -0.39 is 0 Å². The highest BCUT2D eigenvalue weighted by Crippen LogP contribution is 2.28. The molecule has 0 fully saturated rings. The van der Waals surface area contributed by atoms with Crippen molar-refractivity contribution in [3.05, 3.63) is 80.6 Å². The zero-order chi connectivity index (χ0) is 20.9. The van der Waals surface area contributed by atoms with Gasteiger partial charge in [0.2, 0.25) is 5.91 Å². The van der Waals surface area contributed by atoms with E-state index in [1.807, 2.05) is 42.5 Å². The van der Waals surface area contributed by atoms with E-state index >= 15 is 0 Å². The van der Waals surface area contributed by atoms with Crippen molar-refractivity contribution in [3.8, 4) is 0 Å². The first-order chi connectivity index (χ1) is 14.6.